The molecule has 0 atom stereocenters. The van der Waals surface area contributed by atoms with Crippen LogP contribution in [0.1, 0.15) is 15.2 Å². The van der Waals surface area contributed by atoms with Crippen LogP contribution in [0.2, 0.25) is 0 Å². The summed E-state index contributed by atoms with van der Waals surface area (Å²) in [6.07, 6.45) is 0. The molecule has 0 aliphatic rings. The molecule has 3 aromatic rings. The van der Waals surface area contributed by atoms with Crippen LogP contribution < -0.4 is 9.64 Å². The maximum absolute atomic E-state index is 12.9. The Kier molecular flexibility index (Phi) is 4.82. The maximum Gasteiger partial charge on any atom is 0.268 e. The number of amides is 1. The van der Waals surface area contributed by atoms with Crippen molar-refractivity contribution in [2.75, 3.05) is 12.0 Å². The summed E-state index contributed by atoms with van der Waals surface area (Å²) in [5, 5.41) is 11.4. The van der Waals surface area contributed by atoms with Crippen LogP contribution in [0, 0.1) is 0 Å². The molecule has 0 spiro atoms. The van der Waals surface area contributed by atoms with Gasteiger partial charge in [-0.3, -0.25) is 4.79 Å². The normalized spacial score (nSPS) is 10.4. The Morgan fingerprint density at radius 3 is 2.38 bits per heavy atom. The molecule has 0 radical (unpaired) electrons. The number of anilines is 1. The average molecular weight is 339 g/mol. The van der Waals surface area contributed by atoms with Gasteiger partial charge < -0.3 is 14.7 Å². The van der Waals surface area contributed by atoms with E-state index >= 15 is 0 Å². The topological polar surface area (TPSA) is 49.8 Å². The summed E-state index contributed by atoms with van der Waals surface area (Å²) in [6, 6.07) is 17.9. The van der Waals surface area contributed by atoms with E-state index in [9.17, 15) is 9.90 Å². The van der Waals surface area contributed by atoms with Gasteiger partial charge >= 0.3 is 0 Å². The third kappa shape index (κ3) is 3.58. The first kappa shape index (κ1) is 16.1. The van der Waals surface area contributed by atoms with E-state index in [0.717, 1.165) is 17.0 Å². The zero-order valence-corrected chi connectivity index (χ0v) is 14.0. The second-order valence-electron chi connectivity index (χ2n) is 5.23. The highest BCUT2D eigenvalue weighted by Crippen LogP contribution is 2.24. The van der Waals surface area contributed by atoms with Gasteiger partial charge in [0, 0.05) is 5.69 Å². The summed E-state index contributed by atoms with van der Waals surface area (Å²) < 4.78 is 5.17. The minimum Gasteiger partial charge on any atom is -0.508 e. The Balaban J connectivity index is 1.91. The number of phenolic OH excluding ortho intramolecular Hbond substituents is 1. The van der Waals surface area contributed by atoms with Gasteiger partial charge in [0.15, 0.2) is 0 Å². The lowest BCUT2D eigenvalue weighted by Gasteiger charge is -2.22. The summed E-state index contributed by atoms with van der Waals surface area (Å²) in [7, 11) is 1.62. The van der Waals surface area contributed by atoms with Gasteiger partial charge in [0.1, 0.15) is 11.5 Å². The van der Waals surface area contributed by atoms with E-state index in [-0.39, 0.29) is 11.7 Å². The Labute approximate surface area is 144 Å². The molecule has 0 unspecified atom stereocenters. The predicted octanol–water partition coefficient (Wildman–Crippen LogP) is 4.31. The van der Waals surface area contributed by atoms with Crippen molar-refractivity contribution in [2.24, 2.45) is 0 Å². The monoisotopic (exact) mass is 339 g/mol. The lowest BCUT2D eigenvalue weighted by molar-refractivity contribution is 0.0989. The van der Waals surface area contributed by atoms with E-state index < -0.39 is 0 Å². The maximum atomic E-state index is 12.9. The van der Waals surface area contributed by atoms with Gasteiger partial charge in [-0.05, 0) is 53.4 Å². The number of methoxy groups -OCH3 is 1. The fourth-order valence-corrected chi connectivity index (χ4v) is 3.03. The Morgan fingerprint density at radius 2 is 1.79 bits per heavy atom. The summed E-state index contributed by atoms with van der Waals surface area (Å²) >= 11 is 1.41. The van der Waals surface area contributed by atoms with Gasteiger partial charge in [-0.2, -0.15) is 0 Å². The first-order chi connectivity index (χ1) is 11.7. The molecule has 3 rings (SSSR count). The second-order valence-corrected chi connectivity index (χ2v) is 6.18. The number of carbonyl (C=O) groups is 1. The predicted molar refractivity (Wildman–Crippen MR) is 95.9 cm³/mol. The summed E-state index contributed by atoms with van der Waals surface area (Å²) in [5.74, 6) is 0.887. The van der Waals surface area contributed by atoms with Crippen molar-refractivity contribution >= 4 is 22.9 Å². The fourth-order valence-electron chi connectivity index (χ4n) is 2.36. The molecule has 0 saturated heterocycles. The van der Waals surface area contributed by atoms with Crippen LogP contribution in [-0.4, -0.2) is 18.1 Å². The molecule has 5 heteroatoms. The molecule has 4 nitrogen and oxygen atoms in total. The summed E-state index contributed by atoms with van der Waals surface area (Å²) in [5.41, 5.74) is 1.73. The van der Waals surface area contributed by atoms with Crippen LogP contribution >= 0.6 is 11.3 Å². The largest absolute Gasteiger partial charge is 0.508 e. The van der Waals surface area contributed by atoms with Crippen LogP contribution in [0.15, 0.2) is 66.0 Å². The number of benzene rings is 2. The van der Waals surface area contributed by atoms with Crippen molar-refractivity contribution in [3.05, 3.63) is 76.5 Å². The van der Waals surface area contributed by atoms with E-state index in [1.54, 1.807) is 36.3 Å². The molecule has 1 heterocycles. The molecule has 1 aromatic heterocycles. The number of carbonyl (C=O) groups excluding carboxylic acids is 1. The smallest absolute Gasteiger partial charge is 0.268 e. The number of rotatable bonds is 5. The molecule has 24 heavy (non-hydrogen) atoms. The van der Waals surface area contributed by atoms with Gasteiger partial charge in [-0.15, -0.1) is 11.3 Å². The van der Waals surface area contributed by atoms with Crippen molar-refractivity contribution in [3.8, 4) is 11.5 Å². The molecule has 0 saturated carbocycles. The quantitative estimate of drug-likeness (QED) is 0.753. The first-order valence-corrected chi connectivity index (χ1v) is 8.32. The van der Waals surface area contributed by atoms with Crippen molar-refractivity contribution in [3.63, 3.8) is 0 Å². The Bertz CT molecular complexity index is 796. The third-order valence-corrected chi connectivity index (χ3v) is 4.50. The van der Waals surface area contributed by atoms with Gasteiger partial charge in [-0.1, -0.05) is 18.2 Å². The minimum absolute atomic E-state index is 0.0634. The third-order valence-electron chi connectivity index (χ3n) is 3.64. The van der Waals surface area contributed by atoms with Gasteiger partial charge in [0.2, 0.25) is 0 Å². The summed E-state index contributed by atoms with van der Waals surface area (Å²) in [6.45, 7) is 0.436. The molecule has 0 aliphatic carbocycles. The highest BCUT2D eigenvalue weighted by molar-refractivity contribution is 7.12. The minimum atomic E-state index is -0.0634. The molecule has 122 valence electrons. The number of aromatic hydroxyl groups is 1. The highest BCUT2D eigenvalue weighted by atomic mass is 32.1. The van der Waals surface area contributed by atoms with Crippen LogP contribution in [0.4, 0.5) is 5.69 Å². The molecular weight excluding hydrogens is 322 g/mol. The van der Waals surface area contributed by atoms with Crippen LogP contribution in [-0.2, 0) is 6.54 Å². The van der Waals surface area contributed by atoms with Gasteiger partial charge in [0.25, 0.3) is 5.91 Å². The lowest BCUT2D eigenvalue weighted by atomic mass is 10.1. The fraction of sp³-hybridized carbons (Fsp3) is 0.105. The van der Waals surface area contributed by atoms with Crippen LogP contribution in [0.3, 0.4) is 0 Å². The zero-order chi connectivity index (χ0) is 16.9. The number of nitrogens with zero attached hydrogens (tertiary/aromatic N) is 1. The molecule has 2 aromatic carbocycles. The van der Waals surface area contributed by atoms with Crippen molar-refractivity contribution in [1.29, 1.82) is 0 Å². The van der Waals surface area contributed by atoms with E-state index in [2.05, 4.69) is 0 Å². The van der Waals surface area contributed by atoms with E-state index in [4.69, 9.17) is 4.74 Å². The Hall–Kier alpha value is -2.79. The van der Waals surface area contributed by atoms with E-state index in [0.29, 0.717) is 11.4 Å². The van der Waals surface area contributed by atoms with E-state index in [1.807, 2.05) is 41.8 Å². The molecule has 0 aliphatic heterocycles. The molecule has 0 fully saturated rings. The first-order valence-electron chi connectivity index (χ1n) is 7.45. The molecule has 1 N–H and O–H groups in total. The number of hydrogen-bond donors (Lipinski definition) is 1. The number of phenols is 1. The van der Waals surface area contributed by atoms with Crippen LogP contribution in [0.25, 0.3) is 0 Å². The van der Waals surface area contributed by atoms with Gasteiger partial charge in [0.05, 0.1) is 18.5 Å². The van der Waals surface area contributed by atoms with E-state index in [1.165, 1.54) is 11.3 Å². The van der Waals surface area contributed by atoms with Crippen LogP contribution in [0.5, 0.6) is 11.5 Å². The average Bonchev–Trinajstić information content (AvgIpc) is 3.15. The summed E-state index contributed by atoms with van der Waals surface area (Å²) in [4.78, 5) is 15.2. The number of hydrogen-bond acceptors (Lipinski definition) is 4. The van der Waals surface area contributed by atoms with Crippen molar-refractivity contribution in [1.82, 2.24) is 0 Å². The lowest BCUT2D eigenvalue weighted by Crippen LogP contribution is -2.29. The van der Waals surface area contributed by atoms with Crippen molar-refractivity contribution in [2.45, 2.75) is 6.54 Å². The molecule has 0 bridgehead atoms. The Morgan fingerprint density at radius 1 is 1.08 bits per heavy atom. The zero-order valence-electron chi connectivity index (χ0n) is 13.2. The SMILES string of the molecule is COc1ccc(CN(C(=O)c2cccs2)c2ccc(O)cc2)cc1. The standard InChI is InChI=1S/C19H17NO3S/c1-23-17-10-4-14(5-11-17)13-20(15-6-8-16(21)9-7-15)19(22)18-3-2-12-24-18/h2-12,21H,13H2,1H3. The molecule has 1 amide bonds. The van der Waals surface area contributed by atoms with Crippen molar-refractivity contribution < 1.29 is 14.6 Å². The van der Waals surface area contributed by atoms with Gasteiger partial charge in [-0.25, -0.2) is 0 Å². The molecular formula is C19H17NO3S. The highest BCUT2D eigenvalue weighted by Gasteiger charge is 2.19. The second kappa shape index (κ2) is 7.19. The number of ether oxygens (including phenoxy) is 1. The number of thiophene rings is 1.